The number of ketones is 1. The standard InChI is InChI=1S/C20H26ClFN2O2/c1-20(2,26)12-15(25)8-3-4-9-18-23-19-16(22)10-13(21)11-17(19)24(18)14-6-5-7-14/h10-11,14,26H,3-9,12H2,1-2H3. The first-order valence-electron chi connectivity index (χ1n) is 9.34. The van der Waals surface area contributed by atoms with E-state index in [1.807, 2.05) is 0 Å². The Morgan fingerprint density at radius 2 is 2.12 bits per heavy atom. The van der Waals surface area contributed by atoms with Gasteiger partial charge in [0.1, 0.15) is 17.1 Å². The monoisotopic (exact) mass is 380 g/mol. The minimum Gasteiger partial charge on any atom is -0.390 e. The van der Waals surface area contributed by atoms with Crippen LogP contribution in [0.2, 0.25) is 5.02 Å². The van der Waals surface area contributed by atoms with Crippen LogP contribution in [0.1, 0.15) is 70.7 Å². The predicted molar refractivity (Wildman–Crippen MR) is 101 cm³/mol. The van der Waals surface area contributed by atoms with E-state index in [-0.39, 0.29) is 18.0 Å². The van der Waals surface area contributed by atoms with Crippen LogP contribution in [-0.4, -0.2) is 26.0 Å². The number of aryl methyl sites for hydroxylation is 1. The van der Waals surface area contributed by atoms with Crippen molar-refractivity contribution in [1.82, 2.24) is 9.55 Å². The summed E-state index contributed by atoms with van der Waals surface area (Å²) in [7, 11) is 0. The van der Waals surface area contributed by atoms with E-state index in [0.29, 0.717) is 29.4 Å². The quantitative estimate of drug-likeness (QED) is 0.656. The van der Waals surface area contributed by atoms with Gasteiger partial charge in [-0.2, -0.15) is 0 Å². The first-order valence-corrected chi connectivity index (χ1v) is 9.72. The summed E-state index contributed by atoms with van der Waals surface area (Å²) < 4.78 is 16.4. The second-order valence-corrected chi connectivity index (χ2v) is 8.41. The number of hydrogen-bond donors (Lipinski definition) is 1. The van der Waals surface area contributed by atoms with Crippen LogP contribution in [0.3, 0.4) is 0 Å². The van der Waals surface area contributed by atoms with Crippen molar-refractivity contribution < 1.29 is 14.3 Å². The van der Waals surface area contributed by atoms with Crippen molar-refractivity contribution in [3.05, 3.63) is 28.8 Å². The summed E-state index contributed by atoms with van der Waals surface area (Å²) in [6.45, 7) is 3.29. The van der Waals surface area contributed by atoms with Crippen LogP contribution in [0.25, 0.3) is 11.0 Å². The molecule has 26 heavy (non-hydrogen) atoms. The molecule has 1 saturated carbocycles. The Hall–Kier alpha value is -1.46. The maximum Gasteiger partial charge on any atom is 0.152 e. The van der Waals surface area contributed by atoms with Crippen LogP contribution >= 0.6 is 11.6 Å². The fourth-order valence-corrected chi connectivity index (χ4v) is 3.77. The van der Waals surface area contributed by atoms with Gasteiger partial charge in [-0.1, -0.05) is 11.6 Å². The molecule has 1 fully saturated rings. The number of halogens is 2. The zero-order chi connectivity index (χ0) is 18.9. The van der Waals surface area contributed by atoms with E-state index >= 15 is 0 Å². The minimum atomic E-state index is -0.952. The topological polar surface area (TPSA) is 55.1 Å². The number of hydrogen-bond acceptors (Lipinski definition) is 3. The number of Topliss-reactive ketones (excluding diaryl/α,β-unsaturated/α-hetero) is 1. The van der Waals surface area contributed by atoms with Crippen molar-refractivity contribution >= 4 is 28.4 Å². The molecule has 2 aromatic rings. The molecule has 0 amide bonds. The van der Waals surface area contributed by atoms with E-state index < -0.39 is 5.60 Å². The van der Waals surface area contributed by atoms with Gasteiger partial charge in [0.15, 0.2) is 5.82 Å². The second-order valence-electron chi connectivity index (χ2n) is 7.97. The average Bonchev–Trinajstić information content (AvgIpc) is 2.79. The predicted octanol–water partition coefficient (Wildman–Crippen LogP) is 5.00. The molecular weight excluding hydrogens is 355 g/mol. The summed E-state index contributed by atoms with van der Waals surface area (Å²) in [5.41, 5.74) is 0.203. The van der Waals surface area contributed by atoms with Gasteiger partial charge in [-0.3, -0.25) is 4.79 Å². The lowest BCUT2D eigenvalue weighted by atomic mass is 9.92. The van der Waals surface area contributed by atoms with Gasteiger partial charge in [-0.15, -0.1) is 0 Å². The number of carbonyl (C=O) groups excluding carboxylic acids is 1. The summed E-state index contributed by atoms with van der Waals surface area (Å²) in [6.07, 6.45) is 6.23. The Kier molecular flexibility index (Phi) is 5.68. The lowest BCUT2D eigenvalue weighted by Gasteiger charge is -2.29. The summed E-state index contributed by atoms with van der Waals surface area (Å²) in [6, 6.07) is 3.47. The molecule has 1 aliphatic carbocycles. The first kappa shape index (κ1) is 19.3. The van der Waals surface area contributed by atoms with E-state index in [1.165, 1.54) is 12.5 Å². The minimum absolute atomic E-state index is 0.0721. The summed E-state index contributed by atoms with van der Waals surface area (Å²) in [5, 5.41) is 10.1. The van der Waals surface area contributed by atoms with Crippen molar-refractivity contribution in [1.29, 1.82) is 0 Å². The van der Waals surface area contributed by atoms with Gasteiger partial charge < -0.3 is 9.67 Å². The molecule has 142 valence electrons. The Morgan fingerprint density at radius 1 is 1.38 bits per heavy atom. The van der Waals surface area contributed by atoms with Crippen LogP contribution in [-0.2, 0) is 11.2 Å². The fourth-order valence-electron chi connectivity index (χ4n) is 3.57. The van der Waals surface area contributed by atoms with Gasteiger partial charge in [0.05, 0.1) is 11.1 Å². The van der Waals surface area contributed by atoms with E-state index in [4.69, 9.17) is 11.6 Å². The highest BCUT2D eigenvalue weighted by molar-refractivity contribution is 6.31. The number of nitrogens with zero attached hydrogens (tertiary/aromatic N) is 2. The molecule has 1 aliphatic rings. The first-order chi connectivity index (χ1) is 12.2. The largest absolute Gasteiger partial charge is 0.390 e. The van der Waals surface area contributed by atoms with Crippen molar-refractivity contribution in [2.75, 3.05) is 0 Å². The average molecular weight is 381 g/mol. The van der Waals surface area contributed by atoms with Crippen LogP contribution in [0, 0.1) is 5.82 Å². The number of imidazole rings is 1. The van der Waals surface area contributed by atoms with E-state index in [0.717, 1.165) is 37.0 Å². The van der Waals surface area contributed by atoms with Gasteiger partial charge in [0.2, 0.25) is 0 Å². The Morgan fingerprint density at radius 3 is 2.73 bits per heavy atom. The molecule has 1 N–H and O–H groups in total. The third-order valence-electron chi connectivity index (χ3n) is 4.96. The second kappa shape index (κ2) is 7.65. The molecule has 6 heteroatoms. The fraction of sp³-hybridized carbons (Fsp3) is 0.600. The molecule has 3 rings (SSSR count). The van der Waals surface area contributed by atoms with Crippen molar-refractivity contribution in [2.45, 2.75) is 76.9 Å². The Balaban J connectivity index is 1.69. The molecule has 0 spiro atoms. The molecule has 0 unspecified atom stereocenters. The zero-order valence-corrected chi connectivity index (χ0v) is 16.2. The smallest absolute Gasteiger partial charge is 0.152 e. The highest BCUT2D eigenvalue weighted by Crippen LogP contribution is 2.37. The normalized spacial score (nSPS) is 15.4. The molecule has 0 bridgehead atoms. The summed E-state index contributed by atoms with van der Waals surface area (Å²) in [5.74, 6) is 0.566. The van der Waals surface area contributed by atoms with Crippen LogP contribution < -0.4 is 0 Å². The number of carbonyl (C=O) groups is 1. The van der Waals surface area contributed by atoms with Gasteiger partial charge in [0, 0.05) is 30.3 Å². The lowest BCUT2D eigenvalue weighted by Crippen LogP contribution is -2.23. The number of unbranched alkanes of at least 4 members (excludes halogenated alkanes) is 1. The highest BCUT2D eigenvalue weighted by Gasteiger charge is 2.26. The Labute approximate surface area is 158 Å². The van der Waals surface area contributed by atoms with Crippen LogP contribution in [0.5, 0.6) is 0 Å². The molecule has 1 aromatic heterocycles. The Bertz CT molecular complexity index is 806. The van der Waals surface area contributed by atoms with E-state index in [1.54, 1.807) is 19.9 Å². The van der Waals surface area contributed by atoms with Crippen molar-refractivity contribution in [2.24, 2.45) is 0 Å². The van der Waals surface area contributed by atoms with Gasteiger partial charge >= 0.3 is 0 Å². The third kappa shape index (κ3) is 4.44. The molecule has 0 aliphatic heterocycles. The molecule has 4 nitrogen and oxygen atoms in total. The molecular formula is C20H26ClFN2O2. The molecule has 0 saturated heterocycles. The summed E-state index contributed by atoms with van der Waals surface area (Å²) >= 11 is 6.05. The number of aliphatic hydroxyl groups is 1. The number of fused-ring (bicyclic) bond motifs is 1. The van der Waals surface area contributed by atoms with Crippen molar-refractivity contribution in [3.8, 4) is 0 Å². The molecule has 1 heterocycles. The van der Waals surface area contributed by atoms with Crippen LogP contribution in [0.4, 0.5) is 4.39 Å². The van der Waals surface area contributed by atoms with Crippen molar-refractivity contribution in [3.63, 3.8) is 0 Å². The molecule has 0 radical (unpaired) electrons. The third-order valence-corrected chi connectivity index (χ3v) is 5.18. The number of rotatable bonds is 8. The summed E-state index contributed by atoms with van der Waals surface area (Å²) in [4.78, 5) is 16.4. The van der Waals surface area contributed by atoms with Crippen LogP contribution in [0.15, 0.2) is 12.1 Å². The number of benzene rings is 1. The molecule has 0 atom stereocenters. The zero-order valence-electron chi connectivity index (χ0n) is 15.4. The maximum absolute atomic E-state index is 14.2. The van der Waals surface area contributed by atoms with Gasteiger partial charge in [-0.05, 0) is 58.1 Å². The van der Waals surface area contributed by atoms with E-state index in [9.17, 15) is 14.3 Å². The van der Waals surface area contributed by atoms with E-state index in [2.05, 4.69) is 9.55 Å². The highest BCUT2D eigenvalue weighted by atomic mass is 35.5. The number of aromatic nitrogens is 2. The van der Waals surface area contributed by atoms with Gasteiger partial charge in [0.25, 0.3) is 0 Å². The lowest BCUT2D eigenvalue weighted by molar-refractivity contribution is -0.122. The van der Waals surface area contributed by atoms with Gasteiger partial charge in [-0.25, -0.2) is 9.37 Å². The maximum atomic E-state index is 14.2. The SMILES string of the molecule is CC(C)(O)CC(=O)CCCCc1nc2c(F)cc(Cl)cc2n1C1CCC1. The molecule has 1 aromatic carbocycles.